The molecule has 1 N–H and O–H groups in total. The Morgan fingerprint density at radius 1 is 1.21 bits per heavy atom. The molecule has 2 aromatic heterocycles. The standard InChI is InChI=1S/C19H25N7O2/c1-14-23-16(12-17(24-14)22-13-15-4-2-11-28-15)18(27)25-7-9-26(10-8-25)19-20-5-3-6-21-19/h3,5-6,12,15H,2,4,7-11,13H2,1H3,(H,22,23,24). The molecule has 0 bridgehead atoms. The summed E-state index contributed by atoms with van der Waals surface area (Å²) >= 11 is 0. The average Bonchev–Trinajstić information content (AvgIpc) is 3.26. The van der Waals surface area contributed by atoms with E-state index in [4.69, 9.17) is 4.74 Å². The van der Waals surface area contributed by atoms with Gasteiger partial charge in [-0.15, -0.1) is 0 Å². The lowest BCUT2D eigenvalue weighted by atomic mass is 10.2. The van der Waals surface area contributed by atoms with Gasteiger partial charge in [0, 0.05) is 57.8 Å². The lowest BCUT2D eigenvalue weighted by molar-refractivity contribution is 0.0740. The van der Waals surface area contributed by atoms with Gasteiger partial charge in [0.2, 0.25) is 5.95 Å². The third-order valence-electron chi connectivity index (χ3n) is 4.99. The molecule has 1 atom stereocenters. The highest BCUT2D eigenvalue weighted by Gasteiger charge is 2.25. The summed E-state index contributed by atoms with van der Waals surface area (Å²) < 4.78 is 5.63. The third-order valence-corrected chi connectivity index (χ3v) is 4.99. The topological polar surface area (TPSA) is 96.4 Å². The quantitative estimate of drug-likeness (QED) is 0.821. The molecule has 148 valence electrons. The van der Waals surface area contributed by atoms with E-state index in [0.29, 0.717) is 56.0 Å². The van der Waals surface area contributed by atoms with Gasteiger partial charge in [0.1, 0.15) is 17.3 Å². The van der Waals surface area contributed by atoms with Crippen molar-refractivity contribution < 1.29 is 9.53 Å². The molecule has 0 spiro atoms. The molecule has 2 fully saturated rings. The Morgan fingerprint density at radius 2 is 2.00 bits per heavy atom. The fourth-order valence-electron chi connectivity index (χ4n) is 3.52. The van der Waals surface area contributed by atoms with E-state index in [2.05, 4.69) is 30.2 Å². The van der Waals surface area contributed by atoms with Crippen molar-refractivity contribution in [1.82, 2.24) is 24.8 Å². The summed E-state index contributed by atoms with van der Waals surface area (Å²) in [7, 11) is 0. The molecule has 0 radical (unpaired) electrons. The minimum Gasteiger partial charge on any atom is -0.376 e. The molecule has 0 aliphatic carbocycles. The third kappa shape index (κ3) is 4.36. The summed E-state index contributed by atoms with van der Waals surface area (Å²) in [6.07, 6.45) is 5.82. The molecule has 2 aliphatic rings. The van der Waals surface area contributed by atoms with Crippen LogP contribution < -0.4 is 10.2 Å². The second-order valence-electron chi connectivity index (χ2n) is 7.03. The molecule has 2 saturated heterocycles. The summed E-state index contributed by atoms with van der Waals surface area (Å²) in [6.45, 7) is 5.93. The molecule has 1 amide bonds. The molecule has 9 nitrogen and oxygen atoms in total. The number of nitrogens with one attached hydrogen (secondary N) is 1. The summed E-state index contributed by atoms with van der Waals surface area (Å²) in [5.74, 6) is 1.88. The van der Waals surface area contributed by atoms with Crippen molar-refractivity contribution in [2.45, 2.75) is 25.9 Å². The number of anilines is 2. The second-order valence-corrected chi connectivity index (χ2v) is 7.03. The van der Waals surface area contributed by atoms with Crippen molar-refractivity contribution in [1.29, 1.82) is 0 Å². The van der Waals surface area contributed by atoms with E-state index in [0.717, 1.165) is 19.4 Å². The molecule has 9 heteroatoms. The van der Waals surface area contributed by atoms with Crippen LogP contribution in [0, 0.1) is 6.92 Å². The molecular weight excluding hydrogens is 358 g/mol. The van der Waals surface area contributed by atoms with Crippen molar-refractivity contribution >= 4 is 17.7 Å². The monoisotopic (exact) mass is 383 g/mol. The van der Waals surface area contributed by atoms with Crippen LogP contribution in [0.2, 0.25) is 0 Å². The number of amides is 1. The SMILES string of the molecule is Cc1nc(NCC2CCCO2)cc(C(=O)N2CCN(c3ncccn3)CC2)n1. The highest BCUT2D eigenvalue weighted by Crippen LogP contribution is 2.16. The van der Waals surface area contributed by atoms with Gasteiger partial charge in [0.05, 0.1) is 6.10 Å². The minimum absolute atomic E-state index is 0.0701. The molecule has 2 aliphatic heterocycles. The number of piperazine rings is 1. The maximum absolute atomic E-state index is 12.9. The van der Waals surface area contributed by atoms with Gasteiger partial charge < -0.3 is 19.9 Å². The van der Waals surface area contributed by atoms with E-state index in [1.807, 2.05) is 4.90 Å². The van der Waals surface area contributed by atoms with Crippen LogP contribution in [0.4, 0.5) is 11.8 Å². The van der Waals surface area contributed by atoms with E-state index in [1.165, 1.54) is 0 Å². The van der Waals surface area contributed by atoms with Gasteiger partial charge in [-0.3, -0.25) is 4.79 Å². The van der Waals surface area contributed by atoms with Crippen molar-refractivity contribution in [2.75, 3.05) is 49.5 Å². The first kappa shape index (κ1) is 18.5. The van der Waals surface area contributed by atoms with Gasteiger partial charge in [0.15, 0.2) is 0 Å². The van der Waals surface area contributed by atoms with Crippen LogP contribution in [0.3, 0.4) is 0 Å². The van der Waals surface area contributed by atoms with Crippen LogP contribution in [0.15, 0.2) is 24.5 Å². The van der Waals surface area contributed by atoms with E-state index in [-0.39, 0.29) is 12.0 Å². The van der Waals surface area contributed by atoms with Crippen LogP contribution in [-0.4, -0.2) is 76.2 Å². The van der Waals surface area contributed by atoms with Gasteiger partial charge >= 0.3 is 0 Å². The largest absolute Gasteiger partial charge is 0.376 e. The number of hydrogen-bond acceptors (Lipinski definition) is 8. The summed E-state index contributed by atoms with van der Waals surface area (Å²) in [6, 6.07) is 3.53. The molecule has 0 aromatic carbocycles. The highest BCUT2D eigenvalue weighted by atomic mass is 16.5. The van der Waals surface area contributed by atoms with E-state index >= 15 is 0 Å². The molecule has 2 aromatic rings. The fraction of sp³-hybridized carbons (Fsp3) is 0.526. The molecule has 4 heterocycles. The zero-order valence-electron chi connectivity index (χ0n) is 16.0. The first-order valence-electron chi connectivity index (χ1n) is 9.71. The van der Waals surface area contributed by atoms with Crippen LogP contribution in [0.1, 0.15) is 29.2 Å². The zero-order chi connectivity index (χ0) is 19.3. The van der Waals surface area contributed by atoms with Gasteiger partial charge in [-0.1, -0.05) is 0 Å². The number of rotatable bonds is 5. The first-order chi connectivity index (χ1) is 13.7. The summed E-state index contributed by atoms with van der Waals surface area (Å²) in [5.41, 5.74) is 0.423. The zero-order valence-corrected chi connectivity index (χ0v) is 16.0. The molecule has 0 saturated carbocycles. The van der Waals surface area contributed by atoms with Gasteiger partial charge in [-0.25, -0.2) is 19.9 Å². The maximum Gasteiger partial charge on any atom is 0.272 e. The Kier molecular flexibility index (Phi) is 5.61. The Hall–Kier alpha value is -2.81. The highest BCUT2D eigenvalue weighted by molar-refractivity contribution is 5.93. The number of nitrogens with zero attached hydrogens (tertiary/aromatic N) is 6. The van der Waals surface area contributed by atoms with E-state index in [1.54, 1.807) is 31.5 Å². The smallest absolute Gasteiger partial charge is 0.272 e. The Labute approximate surface area is 164 Å². The number of hydrogen-bond donors (Lipinski definition) is 1. The lowest BCUT2D eigenvalue weighted by Gasteiger charge is -2.34. The van der Waals surface area contributed by atoms with Gasteiger partial charge in [-0.05, 0) is 25.8 Å². The number of ether oxygens (including phenoxy) is 1. The van der Waals surface area contributed by atoms with Crippen LogP contribution >= 0.6 is 0 Å². The molecule has 4 rings (SSSR count). The number of aryl methyl sites for hydroxylation is 1. The minimum atomic E-state index is -0.0701. The van der Waals surface area contributed by atoms with Gasteiger partial charge in [0.25, 0.3) is 5.91 Å². The van der Waals surface area contributed by atoms with Crippen molar-refractivity contribution in [3.05, 3.63) is 36.0 Å². The number of carbonyl (C=O) groups excluding carboxylic acids is 1. The predicted octanol–water partition coefficient (Wildman–Crippen LogP) is 1.13. The lowest BCUT2D eigenvalue weighted by Crippen LogP contribution is -2.49. The molecule has 1 unspecified atom stereocenters. The second kappa shape index (κ2) is 8.47. The normalized spacial score (nSPS) is 19.7. The summed E-state index contributed by atoms with van der Waals surface area (Å²) in [4.78, 5) is 34.2. The predicted molar refractivity (Wildman–Crippen MR) is 104 cm³/mol. The number of aromatic nitrogens is 4. The Balaban J connectivity index is 1.37. The average molecular weight is 383 g/mol. The van der Waals surface area contributed by atoms with Crippen LogP contribution in [-0.2, 0) is 4.74 Å². The Bertz CT molecular complexity index is 803. The molecule has 28 heavy (non-hydrogen) atoms. The first-order valence-corrected chi connectivity index (χ1v) is 9.71. The van der Waals surface area contributed by atoms with Crippen molar-refractivity contribution in [2.24, 2.45) is 0 Å². The number of carbonyl (C=O) groups is 1. The fourth-order valence-corrected chi connectivity index (χ4v) is 3.52. The van der Waals surface area contributed by atoms with Gasteiger partial charge in [-0.2, -0.15) is 0 Å². The van der Waals surface area contributed by atoms with Crippen molar-refractivity contribution in [3.8, 4) is 0 Å². The van der Waals surface area contributed by atoms with E-state index in [9.17, 15) is 4.79 Å². The van der Waals surface area contributed by atoms with Crippen LogP contribution in [0.25, 0.3) is 0 Å². The summed E-state index contributed by atoms with van der Waals surface area (Å²) in [5, 5.41) is 3.28. The van der Waals surface area contributed by atoms with E-state index < -0.39 is 0 Å². The Morgan fingerprint density at radius 3 is 2.71 bits per heavy atom. The molecular formula is C19H25N7O2. The van der Waals surface area contributed by atoms with Crippen molar-refractivity contribution in [3.63, 3.8) is 0 Å². The van der Waals surface area contributed by atoms with Crippen LogP contribution in [0.5, 0.6) is 0 Å². The maximum atomic E-state index is 12.9.